The van der Waals surface area contributed by atoms with Crippen molar-refractivity contribution in [3.05, 3.63) is 95.6 Å². The summed E-state index contributed by atoms with van der Waals surface area (Å²) in [6.07, 6.45) is 1.59. The van der Waals surface area contributed by atoms with E-state index in [0.29, 0.717) is 0 Å². The summed E-state index contributed by atoms with van der Waals surface area (Å²) in [4.78, 5) is 12.3. The summed E-state index contributed by atoms with van der Waals surface area (Å²) < 4.78 is 12.6. The van der Waals surface area contributed by atoms with E-state index >= 15 is 0 Å². The van der Waals surface area contributed by atoms with E-state index in [-0.39, 0.29) is 5.97 Å². The van der Waals surface area contributed by atoms with Gasteiger partial charge in [-0.05, 0) is 35.4 Å². The predicted octanol–water partition coefficient (Wildman–Crippen LogP) is 7.90. The zero-order chi connectivity index (χ0) is 22.9. The number of hydrogen-bond donors (Lipinski definition) is 0. The quantitative estimate of drug-likeness (QED) is 0.269. The van der Waals surface area contributed by atoms with Crippen LogP contribution in [0.15, 0.2) is 84.4 Å². The van der Waals surface area contributed by atoms with Gasteiger partial charge in [0, 0.05) is 28.0 Å². The van der Waals surface area contributed by atoms with E-state index in [0.717, 1.165) is 49.7 Å². The maximum absolute atomic E-state index is 12.3. The summed E-state index contributed by atoms with van der Waals surface area (Å²) in [5.74, 6) is 1.19. The van der Waals surface area contributed by atoms with Crippen molar-refractivity contribution >= 4 is 27.5 Å². The van der Waals surface area contributed by atoms with Crippen molar-refractivity contribution in [2.45, 2.75) is 40.2 Å². The van der Waals surface area contributed by atoms with E-state index in [1.54, 1.807) is 6.08 Å². The molecule has 4 aromatic carbocycles. The van der Waals surface area contributed by atoms with E-state index < -0.39 is 5.60 Å². The molecule has 162 valence electrons. The number of fused-ring (bicyclic) bond motifs is 8. The Bertz CT molecular complexity index is 1260. The first-order valence-corrected chi connectivity index (χ1v) is 11.3. The Morgan fingerprint density at radius 2 is 1.12 bits per heavy atom. The minimum Gasteiger partial charge on any atom is -0.455 e. The largest absolute Gasteiger partial charge is 0.455 e. The minimum atomic E-state index is -0.950. The van der Waals surface area contributed by atoms with Gasteiger partial charge in [0.05, 0.1) is 0 Å². The van der Waals surface area contributed by atoms with Gasteiger partial charge in [-0.15, -0.1) is 0 Å². The maximum atomic E-state index is 12.3. The molecule has 32 heavy (non-hydrogen) atoms. The Morgan fingerprint density at radius 3 is 1.56 bits per heavy atom. The molecule has 0 unspecified atom stereocenters. The van der Waals surface area contributed by atoms with Gasteiger partial charge in [0.25, 0.3) is 0 Å². The van der Waals surface area contributed by atoms with Crippen LogP contribution in [-0.2, 0) is 15.1 Å². The number of ether oxygens (including phenoxy) is 2. The normalized spacial score (nSPS) is 14.8. The predicted molar refractivity (Wildman–Crippen MR) is 131 cm³/mol. The molecule has 0 saturated heterocycles. The molecular formula is C29H28O3. The fourth-order valence-electron chi connectivity index (χ4n) is 4.58. The summed E-state index contributed by atoms with van der Waals surface area (Å²) in [6.45, 7) is 9.95. The Hall–Kier alpha value is -3.59. The Kier molecular flexibility index (Phi) is 5.75. The minimum absolute atomic E-state index is 0.322. The third-order valence-corrected chi connectivity index (χ3v) is 5.87. The van der Waals surface area contributed by atoms with Crippen LogP contribution in [0, 0.1) is 0 Å². The van der Waals surface area contributed by atoms with Crippen molar-refractivity contribution in [2.75, 3.05) is 0 Å². The molecule has 0 N–H and O–H groups in total. The number of esters is 1. The Balaban J connectivity index is 0.000000582. The monoisotopic (exact) mass is 424 g/mol. The molecule has 0 saturated carbocycles. The van der Waals surface area contributed by atoms with Crippen LogP contribution in [-0.4, -0.2) is 5.97 Å². The molecule has 0 amide bonds. The lowest BCUT2D eigenvalue weighted by atomic mass is 9.77. The van der Waals surface area contributed by atoms with Gasteiger partial charge in [-0.2, -0.15) is 0 Å². The highest BCUT2D eigenvalue weighted by Gasteiger charge is 2.51. The molecule has 1 spiro atoms. The van der Waals surface area contributed by atoms with Crippen LogP contribution in [0.2, 0.25) is 0 Å². The first-order chi connectivity index (χ1) is 15.7. The molecular weight excluding hydrogens is 396 g/mol. The van der Waals surface area contributed by atoms with Crippen LogP contribution in [0.4, 0.5) is 0 Å². The highest BCUT2D eigenvalue weighted by Crippen LogP contribution is 2.57. The summed E-state index contributed by atoms with van der Waals surface area (Å²) in [6, 6.07) is 24.4. The van der Waals surface area contributed by atoms with E-state index in [1.165, 1.54) is 0 Å². The van der Waals surface area contributed by atoms with Crippen LogP contribution in [0.3, 0.4) is 0 Å². The summed E-state index contributed by atoms with van der Waals surface area (Å²) in [5.41, 5.74) is 1.66. The third-order valence-electron chi connectivity index (χ3n) is 5.87. The first-order valence-electron chi connectivity index (χ1n) is 11.3. The molecule has 0 aromatic heterocycles. The Labute approximate surface area is 189 Å². The molecule has 2 aliphatic heterocycles. The zero-order valence-electron chi connectivity index (χ0n) is 19.2. The van der Waals surface area contributed by atoms with Gasteiger partial charge < -0.3 is 9.47 Å². The lowest BCUT2D eigenvalue weighted by Crippen LogP contribution is -2.33. The standard InChI is InChI=1S/C25H16O3.2C2H6/c1-15-14-22(26)28-25(15)20-12-10-16-6-2-4-8-18(16)23(20)27-24-19-9-5-3-7-17(19)11-13-21(24)25;2*1-2/h2-14H,1H3;2*1-2H3. The van der Waals surface area contributed by atoms with Gasteiger partial charge in [0.15, 0.2) is 5.60 Å². The topological polar surface area (TPSA) is 35.5 Å². The average Bonchev–Trinajstić information content (AvgIpc) is 3.15. The van der Waals surface area contributed by atoms with Gasteiger partial charge in [0.2, 0.25) is 0 Å². The Morgan fingerprint density at radius 1 is 0.656 bits per heavy atom. The summed E-state index contributed by atoms with van der Waals surface area (Å²) in [5, 5.41) is 4.19. The van der Waals surface area contributed by atoms with Gasteiger partial charge in [-0.25, -0.2) is 4.79 Å². The van der Waals surface area contributed by atoms with Gasteiger partial charge in [-0.3, -0.25) is 0 Å². The molecule has 0 radical (unpaired) electrons. The second-order valence-electron chi connectivity index (χ2n) is 7.36. The van der Waals surface area contributed by atoms with E-state index in [2.05, 4.69) is 24.3 Å². The second kappa shape index (κ2) is 8.51. The van der Waals surface area contributed by atoms with E-state index in [1.807, 2.05) is 83.1 Å². The van der Waals surface area contributed by atoms with Crippen LogP contribution < -0.4 is 4.74 Å². The zero-order valence-corrected chi connectivity index (χ0v) is 19.2. The molecule has 2 heterocycles. The van der Waals surface area contributed by atoms with Crippen LogP contribution >= 0.6 is 0 Å². The summed E-state index contributed by atoms with van der Waals surface area (Å²) >= 11 is 0. The highest BCUT2D eigenvalue weighted by atomic mass is 16.6. The van der Waals surface area contributed by atoms with Crippen LogP contribution in [0.25, 0.3) is 21.5 Å². The number of carbonyl (C=O) groups is 1. The average molecular weight is 425 g/mol. The fraction of sp³-hybridized carbons (Fsp3) is 0.207. The number of hydrogen-bond acceptors (Lipinski definition) is 3. The highest BCUT2D eigenvalue weighted by molar-refractivity contribution is 5.98. The van der Waals surface area contributed by atoms with Crippen molar-refractivity contribution in [1.82, 2.24) is 0 Å². The molecule has 0 fully saturated rings. The van der Waals surface area contributed by atoms with Gasteiger partial charge in [0.1, 0.15) is 11.5 Å². The molecule has 3 heteroatoms. The SMILES string of the molecule is CC.CC.CC1=CC(=O)OC12c1ccc3ccccc3c1Oc1c2ccc2ccccc12. The third kappa shape index (κ3) is 3.00. The number of carbonyl (C=O) groups excluding carboxylic acids is 1. The van der Waals surface area contributed by atoms with Crippen molar-refractivity contribution < 1.29 is 14.3 Å². The second-order valence-corrected chi connectivity index (χ2v) is 7.36. The van der Waals surface area contributed by atoms with Crippen molar-refractivity contribution in [1.29, 1.82) is 0 Å². The maximum Gasteiger partial charge on any atom is 0.332 e. The number of benzene rings is 4. The molecule has 6 rings (SSSR count). The lowest BCUT2D eigenvalue weighted by Gasteiger charge is -2.38. The molecule has 0 aliphatic carbocycles. The molecule has 2 aliphatic rings. The van der Waals surface area contributed by atoms with Crippen molar-refractivity contribution in [3.63, 3.8) is 0 Å². The van der Waals surface area contributed by atoms with Crippen molar-refractivity contribution in [2.24, 2.45) is 0 Å². The summed E-state index contributed by atoms with van der Waals surface area (Å²) in [7, 11) is 0. The number of rotatable bonds is 0. The van der Waals surface area contributed by atoms with Crippen molar-refractivity contribution in [3.8, 4) is 11.5 Å². The molecule has 4 aromatic rings. The van der Waals surface area contributed by atoms with E-state index in [9.17, 15) is 4.79 Å². The fourth-order valence-corrected chi connectivity index (χ4v) is 4.58. The molecule has 0 bridgehead atoms. The first kappa shape index (κ1) is 21.6. The van der Waals surface area contributed by atoms with Crippen LogP contribution in [0.5, 0.6) is 11.5 Å². The van der Waals surface area contributed by atoms with Gasteiger partial charge >= 0.3 is 5.97 Å². The van der Waals surface area contributed by atoms with E-state index in [4.69, 9.17) is 9.47 Å². The smallest absolute Gasteiger partial charge is 0.332 e. The molecule has 0 atom stereocenters. The lowest BCUT2D eigenvalue weighted by molar-refractivity contribution is -0.144. The van der Waals surface area contributed by atoms with Crippen LogP contribution in [0.1, 0.15) is 45.7 Å². The molecule has 3 nitrogen and oxygen atoms in total. The van der Waals surface area contributed by atoms with Gasteiger partial charge in [-0.1, -0.05) is 88.4 Å².